The average Bonchev–Trinajstić information content (AvgIpc) is 3.34. The van der Waals surface area contributed by atoms with E-state index in [0.29, 0.717) is 32.4 Å². The molecule has 1 aliphatic rings. The number of fused-ring (bicyclic) bond motifs is 1. The van der Waals surface area contributed by atoms with Crippen molar-refractivity contribution in [2.75, 3.05) is 20.3 Å². The summed E-state index contributed by atoms with van der Waals surface area (Å²) in [5, 5.41) is 13.5. The van der Waals surface area contributed by atoms with Crippen molar-refractivity contribution < 1.29 is 29.0 Å². The number of aromatic nitrogens is 3. The molecule has 0 aliphatic carbocycles. The summed E-state index contributed by atoms with van der Waals surface area (Å²) in [6.07, 6.45) is 5.40. The number of rotatable bonds is 10. The third kappa shape index (κ3) is 8.08. The van der Waals surface area contributed by atoms with Gasteiger partial charge in [0, 0.05) is 50.5 Å². The van der Waals surface area contributed by atoms with E-state index < -0.39 is 35.7 Å². The molecule has 1 saturated heterocycles. The highest BCUT2D eigenvalue weighted by molar-refractivity contribution is 5.87. The van der Waals surface area contributed by atoms with Crippen molar-refractivity contribution in [1.82, 2.24) is 30.3 Å². The minimum Gasteiger partial charge on any atom is -0.468 e. The molecular weight excluding hydrogens is 552 g/mol. The molecule has 0 bridgehead atoms. The van der Waals surface area contributed by atoms with Gasteiger partial charge in [-0.15, -0.1) is 0 Å². The lowest BCUT2D eigenvalue weighted by Crippen LogP contribution is -2.60. The number of nitrogens with one attached hydrogen (secondary N) is 2. The summed E-state index contributed by atoms with van der Waals surface area (Å²) in [6.45, 7) is 8.45. The zero-order valence-corrected chi connectivity index (χ0v) is 25.6. The fourth-order valence-electron chi connectivity index (χ4n) is 5.19. The molecule has 4 rings (SSSR count). The van der Waals surface area contributed by atoms with Crippen molar-refractivity contribution in [2.45, 2.75) is 84.0 Å². The van der Waals surface area contributed by atoms with Crippen molar-refractivity contribution in [3.05, 3.63) is 48.0 Å². The lowest BCUT2D eigenvalue weighted by molar-refractivity contribution is -0.150. The SMILES string of the molecule is CCc1nc2ccc(-c3cncc(C[C@H](NC(=O)OC(C)(C)C)C(=O)N4CCC[C@@H](C(=O)OC)N4)c3)cc2n1CCCO. The number of pyridine rings is 1. The number of imidazole rings is 1. The van der Waals surface area contributed by atoms with Gasteiger partial charge in [-0.05, 0) is 69.4 Å². The molecule has 1 aromatic carbocycles. The molecule has 2 atom stereocenters. The largest absolute Gasteiger partial charge is 0.468 e. The van der Waals surface area contributed by atoms with Crippen molar-refractivity contribution in [2.24, 2.45) is 0 Å². The Hall–Kier alpha value is -4.03. The molecule has 2 aromatic heterocycles. The van der Waals surface area contributed by atoms with Gasteiger partial charge in [-0.25, -0.2) is 15.2 Å². The molecule has 0 radical (unpaired) electrons. The molecule has 3 heterocycles. The molecule has 0 saturated carbocycles. The first kappa shape index (κ1) is 31.9. The zero-order chi connectivity index (χ0) is 31.1. The van der Waals surface area contributed by atoms with E-state index in [2.05, 4.69) is 33.3 Å². The quantitative estimate of drug-likeness (QED) is 0.301. The van der Waals surface area contributed by atoms with Gasteiger partial charge in [0.2, 0.25) is 0 Å². The molecule has 3 aromatic rings. The number of carbonyl (C=O) groups excluding carboxylic acids is 3. The van der Waals surface area contributed by atoms with Gasteiger partial charge in [-0.1, -0.05) is 13.0 Å². The number of amides is 2. The van der Waals surface area contributed by atoms with E-state index >= 15 is 0 Å². The predicted octanol–water partition coefficient (Wildman–Crippen LogP) is 3.15. The van der Waals surface area contributed by atoms with E-state index in [1.807, 2.05) is 18.2 Å². The second-order valence-electron chi connectivity index (χ2n) is 11.6. The van der Waals surface area contributed by atoms with E-state index in [4.69, 9.17) is 14.5 Å². The maximum atomic E-state index is 13.7. The third-order valence-corrected chi connectivity index (χ3v) is 7.18. The Morgan fingerprint density at radius 1 is 1.19 bits per heavy atom. The predicted molar refractivity (Wildman–Crippen MR) is 161 cm³/mol. The van der Waals surface area contributed by atoms with Crippen LogP contribution in [-0.4, -0.2) is 80.6 Å². The number of carbonyl (C=O) groups is 3. The number of aliphatic hydroxyl groups is 1. The number of nitrogens with zero attached hydrogens (tertiary/aromatic N) is 4. The highest BCUT2D eigenvalue weighted by Crippen LogP contribution is 2.26. The molecule has 12 nitrogen and oxygen atoms in total. The summed E-state index contributed by atoms with van der Waals surface area (Å²) >= 11 is 0. The lowest BCUT2D eigenvalue weighted by atomic mass is 10.0. The maximum Gasteiger partial charge on any atom is 0.408 e. The van der Waals surface area contributed by atoms with Crippen LogP contribution in [0.5, 0.6) is 0 Å². The Balaban J connectivity index is 1.61. The Kier molecular flexibility index (Phi) is 10.4. The first-order chi connectivity index (χ1) is 20.5. The van der Waals surface area contributed by atoms with Gasteiger partial charge in [0.1, 0.15) is 23.5 Å². The molecule has 1 fully saturated rings. The smallest absolute Gasteiger partial charge is 0.408 e. The van der Waals surface area contributed by atoms with E-state index in [-0.39, 0.29) is 13.0 Å². The van der Waals surface area contributed by atoms with Crippen LogP contribution in [0.25, 0.3) is 22.2 Å². The number of aryl methyl sites for hydroxylation is 2. The van der Waals surface area contributed by atoms with Crippen LogP contribution in [0.3, 0.4) is 0 Å². The van der Waals surface area contributed by atoms with Crippen molar-refractivity contribution in [3.8, 4) is 11.1 Å². The van der Waals surface area contributed by atoms with Gasteiger partial charge in [0.25, 0.3) is 5.91 Å². The van der Waals surface area contributed by atoms with E-state index in [9.17, 15) is 19.5 Å². The minimum absolute atomic E-state index is 0.0992. The van der Waals surface area contributed by atoms with Gasteiger partial charge in [0.15, 0.2) is 0 Å². The molecule has 12 heteroatoms. The highest BCUT2D eigenvalue weighted by atomic mass is 16.6. The minimum atomic E-state index is -0.981. The second kappa shape index (κ2) is 14.0. The molecular formula is C31H42N6O6. The van der Waals surface area contributed by atoms with Crippen molar-refractivity contribution >= 4 is 29.0 Å². The van der Waals surface area contributed by atoms with Crippen molar-refractivity contribution in [1.29, 1.82) is 0 Å². The Labute approximate surface area is 251 Å². The Morgan fingerprint density at radius 2 is 1.98 bits per heavy atom. The average molecular weight is 595 g/mol. The molecule has 3 N–H and O–H groups in total. The van der Waals surface area contributed by atoms with Crippen LogP contribution < -0.4 is 10.7 Å². The molecule has 0 spiro atoms. The van der Waals surface area contributed by atoms with E-state index in [0.717, 1.165) is 40.0 Å². The number of hydrogen-bond acceptors (Lipinski definition) is 9. The monoisotopic (exact) mass is 594 g/mol. The van der Waals surface area contributed by atoms with Gasteiger partial charge in [0.05, 0.1) is 18.1 Å². The standard InChI is InChI=1S/C31H42N6O6/c1-6-27-33-23-11-10-21(17-26(23)36(27)12-8-14-38)22-15-20(18-32-19-22)16-25(34-30(41)43-31(2,3)4)28(39)37-13-7-9-24(35-37)29(40)42-5/h10-11,15,17-19,24-25,35,38H,6-9,12-14,16H2,1-5H3,(H,34,41)/t24-,25-/m0/s1. The zero-order valence-electron chi connectivity index (χ0n) is 25.6. The van der Waals surface area contributed by atoms with Crippen LogP contribution in [0.15, 0.2) is 36.7 Å². The van der Waals surface area contributed by atoms with Gasteiger partial charge >= 0.3 is 12.1 Å². The lowest BCUT2D eigenvalue weighted by Gasteiger charge is -2.35. The van der Waals surface area contributed by atoms with E-state index in [1.54, 1.807) is 33.2 Å². The molecule has 232 valence electrons. The maximum absolute atomic E-state index is 13.7. The third-order valence-electron chi connectivity index (χ3n) is 7.18. The Bertz CT molecular complexity index is 1450. The number of hydrogen-bond donors (Lipinski definition) is 3. The fourth-order valence-corrected chi connectivity index (χ4v) is 5.19. The van der Waals surface area contributed by atoms with Crippen LogP contribution in [0.4, 0.5) is 4.79 Å². The van der Waals surface area contributed by atoms with Crippen LogP contribution >= 0.6 is 0 Å². The normalized spacial score (nSPS) is 16.1. The second-order valence-corrected chi connectivity index (χ2v) is 11.6. The number of alkyl carbamates (subject to hydrolysis) is 1. The number of ether oxygens (including phenoxy) is 2. The fraction of sp³-hybridized carbons (Fsp3) is 0.516. The Morgan fingerprint density at radius 3 is 2.67 bits per heavy atom. The number of aliphatic hydroxyl groups excluding tert-OH is 1. The number of benzene rings is 1. The molecule has 2 amide bonds. The molecule has 43 heavy (non-hydrogen) atoms. The van der Waals surface area contributed by atoms with Gasteiger partial charge in [-0.2, -0.15) is 0 Å². The van der Waals surface area contributed by atoms with Crippen LogP contribution in [0.1, 0.15) is 58.3 Å². The number of esters is 1. The number of methoxy groups -OCH3 is 1. The van der Waals surface area contributed by atoms with Gasteiger partial charge in [-0.3, -0.25) is 19.6 Å². The molecule has 1 aliphatic heterocycles. The first-order valence-corrected chi connectivity index (χ1v) is 14.7. The molecule has 0 unspecified atom stereocenters. The van der Waals surface area contributed by atoms with Crippen LogP contribution in [-0.2, 0) is 38.4 Å². The number of hydrazine groups is 1. The highest BCUT2D eigenvalue weighted by Gasteiger charge is 2.34. The van der Waals surface area contributed by atoms with Crippen LogP contribution in [0, 0.1) is 0 Å². The summed E-state index contributed by atoms with van der Waals surface area (Å²) < 4.78 is 12.4. The summed E-state index contributed by atoms with van der Waals surface area (Å²) in [5.41, 5.74) is 6.56. The van der Waals surface area contributed by atoms with Crippen LogP contribution in [0.2, 0.25) is 0 Å². The first-order valence-electron chi connectivity index (χ1n) is 14.7. The van der Waals surface area contributed by atoms with Crippen molar-refractivity contribution in [3.63, 3.8) is 0 Å². The summed E-state index contributed by atoms with van der Waals surface area (Å²) in [5.74, 6) is 0.112. The topological polar surface area (TPSA) is 148 Å². The summed E-state index contributed by atoms with van der Waals surface area (Å²) in [7, 11) is 1.31. The van der Waals surface area contributed by atoms with Gasteiger partial charge < -0.3 is 24.5 Å². The summed E-state index contributed by atoms with van der Waals surface area (Å²) in [4.78, 5) is 47.8. The van der Waals surface area contributed by atoms with E-state index in [1.165, 1.54) is 12.1 Å². The summed E-state index contributed by atoms with van der Waals surface area (Å²) in [6, 6.07) is 6.34.